The van der Waals surface area contributed by atoms with Gasteiger partial charge in [-0.05, 0) is 37.1 Å². The summed E-state index contributed by atoms with van der Waals surface area (Å²) >= 11 is 0. The fraction of sp³-hybridized carbons (Fsp3) is 0.571. The number of halogens is 2. The van der Waals surface area contributed by atoms with Crippen molar-refractivity contribution in [1.82, 2.24) is 0 Å². The van der Waals surface area contributed by atoms with Crippen molar-refractivity contribution in [3.8, 4) is 0 Å². The summed E-state index contributed by atoms with van der Waals surface area (Å²) in [6, 6.07) is 5.41. The lowest BCUT2D eigenvalue weighted by atomic mass is 9.99. The molecule has 1 aliphatic rings. The van der Waals surface area contributed by atoms with E-state index in [0.717, 1.165) is 26.0 Å². The van der Waals surface area contributed by atoms with Crippen LogP contribution in [0.3, 0.4) is 0 Å². The van der Waals surface area contributed by atoms with Crippen LogP contribution in [0.1, 0.15) is 19.8 Å². The molecular formula is C14H19F2NO3S. The van der Waals surface area contributed by atoms with E-state index < -0.39 is 15.6 Å². The third-order valence-electron chi connectivity index (χ3n) is 3.73. The molecule has 4 nitrogen and oxygen atoms in total. The van der Waals surface area contributed by atoms with Crippen LogP contribution in [0, 0.1) is 5.92 Å². The molecule has 1 aromatic carbocycles. The van der Waals surface area contributed by atoms with Gasteiger partial charge in [-0.2, -0.15) is 8.78 Å². The zero-order valence-corrected chi connectivity index (χ0v) is 12.6. The van der Waals surface area contributed by atoms with Gasteiger partial charge in [-0.3, -0.25) is 0 Å². The Morgan fingerprint density at radius 3 is 2.57 bits per heavy atom. The number of hydrogen-bond acceptors (Lipinski definition) is 4. The van der Waals surface area contributed by atoms with Crippen LogP contribution < -0.4 is 5.32 Å². The van der Waals surface area contributed by atoms with Crippen LogP contribution in [-0.2, 0) is 14.6 Å². The minimum atomic E-state index is -4.52. The monoisotopic (exact) mass is 319 g/mol. The molecule has 1 aromatic rings. The Labute approximate surface area is 123 Å². The predicted octanol–water partition coefficient (Wildman–Crippen LogP) is 2.91. The van der Waals surface area contributed by atoms with Gasteiger partial charge in [0.1, 0.15) is 0 Å². The highest BCUT2D eigenvalue weighted by Gasteiger charge is 2.27. The molecule has 1 saturated heterocycles. The molecule has 7 heteroatoms. The van der Waals surface area contributed by atoms with Crippen molar-refractivity contribution in [1.29, 1.82) is 0 Å². The number of sulfone groups is 1. The normalized spacial score (nSPS) is 22.7. The molecule has 0 bridgehead atoms. The summed E-state index contributed by atoms with van der Waals surface area (Å²) in [4.78, 5) is -0.362. The lowest BCUT2D eigenvalue weighted by Gasteiger charge is -2.18. The number of nitrogens with one attached hydrogen (secondary N) is 1. The first kappa shape index (κ1) is 16.2. The van der Waals surface area contributed by atoms with E-state index in [4.69, 9.17) is 4.74 Å². The van der Waals surface area contributed by atoms with Gasteiger partial charge in [0.25, 0.3) is 0 Å². The van der Waals surface area contributed by atoms with Crippen LogP contribution in [-0.4, -0.2) is 33.4 Å². The molecule has 2 rings (SSSR count). The molecule has 1 fully saturated rings. The summed E-state index contributed by atoms with van der Waals surface area (Å²) in [7, 11) is -4.52. The van der Waals surface area contributed by atoms with Gasteiger partial charge in [0.2, 0.25) is 9.84 Å². The lowest BCUT2D eigenvalue weighted by molar-refractivity contribution is 0.0900. The topological polar surface area (TPSA) is 55.4 Å². The Balaban J connectivity index is 1.97. The van der Waals surface area contributed by atoms with Crippen LogP contribution in [0.2, 0.25) is 0 Å². The van der Waals surface area contributed by atoms with Crippen LogP contribution in [0.15, 0.2) is 29.2 Å². The zero-order chi connectivity index (χ0) is 15.5. The Kier molecular flexibility index (Phi) is 5.16. The van der Waals surface area contributed by atoms with Crippen molar-refractivity contribution in [3.05, 3.63) is 24.3 Å². The maximum Gasteiger partial charge on any atom is 0.341 e. The first-order valence-corrected chi connectivity index (χ1v) is 8.47. The Morgan fingerprint density at radius 2 is 2.00 bits per heavy atom. The van der Waals surface area contributed by atoms with Crippen molar-refractivity contribution in [2.75, 3.05) is 18.5 Å². The first-order valence-electron chi connectivity index (χ1n) is 6.92. The van der Waals surface area contributed by atoms with Crippen molar-refractivity contribution in [2.45, 2.75) is 36.5 Å². The highest BCUT2D eigenvalue weighted by atomic mass is 32.2. The highest BCUT2D eigenvalue weighted by Crippen LogP contribution is 2.25. The van der Waals surface area contributed by atoms with E-state index in [0.29, 0.717) is 11.6 Å². The van der Waals surface area contributed by atoms with Gasteiger partial charge in [-0.25, -0.2) is 8.42 Å². The molecule has 2 atom stereocenters. The molecule has 0 aromatic heterocycles. The Morgan fingerprint density at radius 1 is 1.33 bits per heavy atom. The van der Waals surface area contributed by atoms with E-state index >= 15 is 0 Å². The second-order valence-corrected chi connectivity index (χ2v) is 6.99. The number of hydrogen-bond donors (Lipinski definition) is 1. The van der Waals surface area contributed by atoms with Gasteiger partial charge in [-0.1, -0.05) is 6.92 Å². The van der Waals surface area contributed by atoms with E-state index in [1.54, 1.807) is 0 Å². The summed E-state index contributed by atoms with van der Waals surface area (Å²) in [6.07, 6.45) is 2.19. The molecule has 1 heterocycles. The standard InChI is InChI=1S/C14H19F2NO3S/c1-2-13-10(7-8-20-13)9-17-11-3-5-12(6-4-11)21(18,19)14(15)16/h3-6,10,13-14,17H,2,7-9H2,1H3. The van der Waals surface area contributed by atoms with Crippen LogP contribution in [0.25, 0.3) is 0 Å². The SMILES string of the molecule is CCC1OCCC1CNc1ccc(S(=O)(=O)C(F)F)cc1. The van der Waals surface area contributed by atoms with Crippen molar-refractivity contribution in [2.24, 2.45) is 5.92 Å². The summed E-state index contributed by atoms with van der Waals surface area (Å²) < 4.78 is 53.0. The minimum Gasteiger partial charge on any atom is -0.385 e. The van der Waals surface area contributed by atoms with Crippen LogP contribution in [0.4, 0.5) is 14.5 Å². The molecule has 1 aliphatic heterocycles. The fourth-order valence-corrected chi connectivity index (χ4v) is 3.21. The van der Waals surface area contributed by atoms with Crippen molar-refractivity contribution in [3.63, 3.8) is 0 Å². The van der Waals surface area contributed by atoms with E-state index in [9.17, 15) is 17.2 Å². The van der Waals surface area contributed by atoms with Crippen molar-refractivity contribution < 1.29 is 21.9 Å². The van der Waals surface area contributed by atoms with Crippen LogP contribution >= 0.6 is 0 Å². The maximum absolute atomic E-state index is 12.4. The predicted molar refractivity (Wildman–Crippen MR) is 76.3 cm³/mol. The number of benzene rings is 1. The van der Waals surface area contributed by atoms with Gasteiger partial charge >= 0.3 is 5.76 Å². The van der Waals surface area contributed by atoms with E-state index in [1.807, 2.05) is 0 Å². The quantitative estimate of drug-likeness (QED) is 0.876. The average Bonchev–Trinajstić information content (AvgIpc) is 2.92. The largest absolute Gasteiger partial charge is 0.385 e. The van der Waals surface area contributed by atoms with Gasteiger partial charge < -0.3 is 10.1 Å². The number of ether oxygens (including phenoxy) is 1. The molecule has 2 unspecified atom stereocenters. The van der Waals surface area contributed by atoms with E-state index in [2.05, 4.69) is 12.2 Å². The smallest absolute Gasteiger partial charge is 0.341 e. The van der Waals surface area contributed by atoms with Crippen molar-refractivity contribution >= 4 is 15.5 Å². The van der Waals surface area contributed by atoms with Gasteiger partial charge in [0.05, 0.1) is 11.0 Å². The average molecular weight is 319 g/mol. The Hall–Kier alpha value is -1.21. The molecule has 0 saturated carbocycles. The van der Waals surface area contributed by atoms with E-state index in [-0.39, 0.29) is 11.0 Å². The van der Waals surface area contributed by atoms with Gasteiger partial charge in [0, 0.05) is 24.8 Å². The second-order valence-electron chi connectivity index (χ2n) is 5.08. The lowest BCUT2D eigenvalue weighted by Crippen LogP contribution is -2.22. The molecule has 21 heavy (non-hydrogen) atoms. The van der Waals surface area contributed by atoms with Gasteiger partial charge in [0.15, 0.2) is 0 Å². The van der Waals surface area contributed by atoms with Gasteiger partial charge in [-0.15, -0.1) is 0 Å². The summed E-state index contributed by atoms with van der Waals surface area (Å²) in [6.45, 7) is 3.56. The molecule has 0 aliphatic carbocycles. The summed E-state index contributed by atoms with van der Waals surface area (Å²) in [5.41, 5.74) is 0.713. The summed E-state index contributed by atoms with van der Waals surface area (Å²) in [5, 5.41) is 3.20. The highest BCUT2D eigenvalue weighted by molar-refractivity contribution is 7.91. The fourth-order valence-electron chi connectivity index (χ4n) is 2.49. The molecule has 0 radical (unpaired) electrons. The number of rotatable bonds is 6. The number of anilines is 1. The second kappa shape index (κ2) is 6.70. The molecule has 0 spiro atoms. The van der Waals surface area contributed by atoms with E-state index in [1.165, 1.54) is 24.3 Å². The third kappa shape index (κ3) is 3.71. The summed E-state index contributed by atoms with van der Waals surface area (Å²) in [5.74, 6) is -2.98. The third-order valence-corrected chi connectivity index (χ3v) is 5.13. The first-order chi connectivity index (χ1) is 9.95. The minimum absolute atomic E-state index is 0.246. The zero-order valence-electron chi connectivity index (χ0n) is 11.8. The molecule has 118 valence electrons. The Bertz CT molecular complexity index is 560. The number of alkyl halides is 2. The molecular weight excluding hydrogens is 300 g/mol. The van der Waals surface area contributed by atoms with Crippen LogP contribution in [0.5, 0.6) is 0 Å². The molecule has 0 amide bonds. The maximum atomic E-state index is 12.4. The molecule has 1 N–H and O–H groups in total.